The molecule has 1 aromatic heterocycles. The molecule has 8 nitrogen and oxygen atoms in total. The molecule has 0 amide bonds. The Morgan fingerprint density at radius 2 is 2.56 bits per heavy atom. The lowest BCUT2D eigenvalue weighted by Crippen LogP contribution is -2.33. The van der Waals surface area contributed by atoms with Gasteiger partial charge >= 0.3 is 0 Å². The van der Waals surface area contributed by atoms with E-state index in [1.54, 1.807) is 18.1 Å². The van der Waals surface area contributed by atoms with Gasteiger partial charge < -0.3 is 15.7 Å². The first-order valence-electron chi connectivity index (χ1n) is 5.26. The van der Waals surface area contributed by atoms with Crippen LogP contribution in [-0.2, 0) is 5.75 Å². The molecule has 0 saturated heterocycles. The SMILES string of the molecule is Cc1nc[nH]c1CSCCN/C(=C\[N+](=O)[O-])NN. The average Bonchev–Trinajstić information content (AvgIpc) is 2.72. The van der Waals surface area contributed by atoms with Gasteiger partial charge in [0.25, 0.3) is 6.20 Å². The average molecular weight is 272 g/mol. The van der Waals surface area contributed by atoms with Crippen molar-refractivity contribution >= 4 is 11.8 Å². The van der Waals surface area contributed by atoms with Crippen molar-refractivity contribution in [3.05, 3.63) is 39.9 Å². The van der Waals surface area contributed by atoms with Gasteiger partial charge in [0.15, 0.2) is 5.82 Å². The number of hydrogen-bond donors (Lipinski definition) is 4. The van der Waals surface area contributed by atoms with Crippen LogP contribution in [0.3, 0.4) is 0 Å². The summed E-state index contributed by atoms with van der Waals surface area (Å²) in [6, 6.07) is 0. The fourth-order valence-electron chi connectivity index (χ4n) is 1.21. The molecule has 0 aliphatic carbocycles. The minimum Gasteiger partial charge on any atom is -0.365 e. The van der Waals surface area contributed by atoms with E-state index in [4.69, 9.17) is 5.84 Å². The highest BCUT2D eigenvalue weighted by atomic mass is 32.2. The van der Waals surface area contributed by atoms with E-state index in [9.17, 15) is 10.1 Å². The molecule has 0 bridgehead atoms. The van der Waals surface area contributed by atoms with Gasteiger partial charge in [-0.2, -0.15) is 11.8 Å². The quantitative estimate of drug-likeness (QED) is 0.229. The second kappa shape index (κ2) is 7.56. The summed E-state index contributed by atoms with van der Waals surface area (Å²) in [5, 5.41) is 13.1. The third-order valence-corrected chi connectivity index (χ3v) is 3.12. The number of nitrogens with zero attached hydrogens (tertiary/aromatic N) is 2. The molecule has 0 radical (unpaired) electrons. The van der Waals surface area contributed by atoms with Crippen molar-refractivity contribution in [3.63, 3.8) is 0 Å². The third-order valence-electron chi connectivity index (χ3n) is 2.13. The summed E-state index contributed by atoms with van der Waals surface area (Å²) >= 11 is 1.70. The van der Waals surface area contributed by atoms with E-state index in [1.165, 1.54) is 0 Å². The molecule has 0 spiro atoms. The Kier molecular flexibility index (Phi) is 6.01. The van der Waals surface area contributed by atoms with Crippen molar-refractivity contribution in [2.75, 3.05) is 12.3 Å². The topological polar surface area (TPSA) is 122 Å². The van der Waals surface area contributed by atoms with E-state index in [-0.39, 0.29) is 5.82 Å². The predicted octanol–water partition coefficient (Wildman–Crippen LogP) is 0.0798. The Morgan fingerprint density at radius 1 is 1.78 bits per heavy atom. The van der Waals surface area contributed by atoms with Crippen LogP contribution in [0.15, 0.2) is 18.3 Å². The fourth-order valence-corrected chi connectivity index (χ4v) is 2.09. The second-order valence-corrected chi connectivity index (χ2v) is 4.52. The normalized spacial score (nSPS) is 11.3. The monoisotopic (exact) mass is 272 g/mol. The molecule has 100 valence electrons. The molecule has 1 aromatic rings. The summed E-state index contributed by atoms with van der Waals surface area (Å²) in [7, 11) is 0. The van der Waals surface area contributed by atoms with Crippen LogP contribution in [0.2, 0.25) is 0 Å². The van der Waals surface area contributed by atoms with Crippen molar-refractivity contribution in [1.82, 2.24) is 20.7 Å². The van der Waals surface area contributed by atoms with Gasteiger partial charge in [-0.05, 0) is 6.92 Å². The number of aromatic nitrogens is 2. The van der Waals surface area contributed by atoms with Crippen LogP contribution < -0.4 is 16.6 Å². The largest absolute Gasteiger partial charge is 0.365 e. The first-order valence-corrected chi connectivity index (χ1v) is 6.41. The molecule has 0 aliphatic heterocycles. The summed E-state index contributed by atoms with van der Waals surface area (Å²) in [4.78, 5) is 16.8. The molecule has 1 rings (SSSR count). The molecule has 9 heteroatoms. The van der Waals surface area contributed by atoms with Crippen LogP contribution in [0.25, 0.3) is 0 Å². The van der Waals surface area contributed by atoms with E-state index in [0.717, 1.165) is 29.1 Å². The minimum atomic E-state index is -0.566. The molecule has 18 heavy (non-hydrogen) atoms. The first kappa shape index (κ1) is 14.3. The Labute approximate surface area is 109 Å². The lowest BCUT2D eigenvalue weighted by molar-refractivity contribution is -0.404. The van der Waals surface area contributed by atoms with Crippen molar-refractivity contribution in [1.29, 1.82) is 0 Å². The van der Waals surface area contributed by atoms with Gasteiger partial charge in [0.05, 0.1) is 16.9 Å². The molecule has 5 N–H and O–H groups in total. The maximum Gasteiger partial charge on any atom is 0.275 e. The molecule has 0 unspecified atom stereocenters. The minimum absolute atomic E-state index is 0.193. The number of thioether (sulfide) groups is 1. The van der Waals surface area contributed by atoms with Gasteiger partial charge in [0.2, 0.25) is 0 Å². The maximum absolute atomic E-state index is 10.2. The molecule has 0 saturated carbocycles. The van der Waals surface area contributed by atoms with Gasteiger partial charge in [-0.3, -0.25) is 10.1 Å². The van der Waals surface area contributed by atoms with Gasteiger partial charge in [0, 0.05) is 23.7 Å². The fraction of sp³-hybridized carbons (Fsp3) is 0.444. The van der Waals surface area contributed by atoms with Gasteiger partial charge in [-0.1, -0.05) is 0 Å². The summed E-state index contributed by atoms with van der Waals surface area (Å²) < 4.78 is 0. The Balaban J connectivity index is 2.19. The van der Waals surface area contributed by atoms with Gasteiger partial charge in [0.1, 0.15) is 0 Å². The van der Waals surface area contributed by atoms with Crippen LogP contribution in [0.1, 0.15) is 11.4 Å². The van der Waals surface area contributed by atoms with E-state index >= 15 is 0 Å². The van der Waals surface area contributed by atoms with Crippen LogP contribution in [0.5, 0.6) is 0 Å². The van der Waals surface area contributed by atoms with Crippen LogP contribution in [-0.4, -0.2) is 27.2 Å². The van der Waals surface area contributed by atoms with Gasteiger partial charge in [-0.15, -0.1) is 0 Å². The lowest BCUT2D eigenvalue weighted by atomic mass is 10.4. The smallest absolute Gasteiger partial charge is 0.275 e. The van der Waals surface area contributed by atoms with E-state index in [2.05, 4.69) is 20.7 Å². The molecule has 0 fully saturated rings. The third kappa shape index (κ3) is 5.06. The second-order valence-electron chi connectivity index (χ2n) is 3.42. The zero-order valence-corrected chi connectivity index (χ0v) is 10.8. The predicted molar refractivity (Wildman–Crippen MR) is 69.9 cm³/mol. The number of nitrogens with two attached hydrogens (primary N) is 1. The highest BCUT2D eigenvalue weighted by Gasteiger charge is 2.02. The van der Waals surface area contributed by atoms with E-state index in [0.29, 0.717) is 6.54 Å². The Hall–Kier alpha value is -1.74. The summed E-state index contributed by atoms with van der Waals surface area (Å²) in [5.41, 5.74) is 4.32. The van der Waals surface area contributed by atoms with Crippen LogP contribution in [0.4, 0.5) is 0 Å². The number of nitro groups is 1. The van der Waals surface area contributed by atoms with Gasteiger partial charge in [-0.25, -0.2) is 10.8 Å². The zero-order chi connectivity index (χ0) is 13.4. The molecule has 1 heterocycles. The molecule has 0 atom stereocenters. The highest BCUT2D eigenvalue weighted by Crippen LogP contribution is 2.11. The van der Waals surface area contributed by atoms with E-state index < -0.39 is 4.92 Å². The summed E-state index contributed by atoms with van der Waals surface area (Å²) in [6.07, 6.45) is 2.46. The number of nitrogens with one attached hydrogen (secondary N) is 3. The van der Waals surface area contributed by atoms with Crippen LogP contribution >= 0.6 is 11.8 Å². The van der Waals surface area contributed by atoms with Crippen molar-refractivity contribution in [3.8, 4) is 0 Å². The zero-order valence-electron chi connectivity index (χ0n) is 9.97. The molecular weight excluding hydrogens is 256 g/mol. The number of hydrogen-bond acceptors (Lipinski definition) is 7. The summed E-state index contributed by atoms with van der Waals surface area (Å²) in [5.74, 6) is 6.95. The number of H-pyrrole nitrogens is 1. The van der Waals surface area contributed by atoms with Crippen molar-refractivity contribution in [2.45, 2.75) is 12.7 Å². The Morgan fingerprint density at radius 3 is 3.11 bits per heavy atom. The lowest BCUT2D eigenvalue weighted by Gasteiger charge is -2.07. The highest BCUT2D eigenvalue weighted by molar-refractivity contribution is 7.98. The Bertz CT molecular complexity index is 419. The van der Waals surface area contributed by atoms with Crippen molar-refractivity contribution < 1.29 is 4.92 Å². The number of rotatable bonds is 8. The van der Waals surface area contributed by atoms with E-state index in [1.807, 2.05) is 6.92 Å². The number of imidazole rings is 1. The van der Waals surface area contributed by atoms with Crippen molar-refractivity contribution in [2.24, 2.45) is 5.84 Å². The molecular formula is C9H16N6O2S. The number of hydrazine groups is 1. The standard InChI is InChI=1S/C9H16N6O2S/c1-7-8(13-6-12-7)5-18-3-2-11-9(14-10)4-15(16)17/h4,6,11,14H,2-3,5,10H2,1H3,(H,12,13)/b9-4+. The first-order chi connectivity index (χ1) is 8.63. The summed E-state index contributed by atoms with van der Waals surface area (Å²) in [6.45, 7) is 2.53. The number of aromatic amines is 1. The molecule has 0 aromatic carbocycles. The van der Waals surface area contributed by atoms with Crippen LogP contribution in [0, 0.1) is 17.0 Å². The molecule has 0 aliphatic rings. The maximum atomic E-state index is 10.2. The number of aryl methyl sites for hydroxylation is 1.